The largest absolute Gasteiger partial charge is 0.277 e. The third-order valence-electron chi connectivity index (χ3n) is 2.50. The number of hydrogen-bond acceptors (Lipinski definition) is 4. The normalized spacial score (nSPS) is 10.7. The van der Waals surface area contributed by atoms with E-state index in [1.54, 1.807) is 4.68 Å². The van der Waals surface area contributed by atoms with Crippen molar-refractivity contribution in [2.24, 2.45) is 0 Å². The number of nitrogens with one attached hydrogen (secondary N) is 1. The predicted molar refractivity (Wildman–Crippen MR) is 73.0 cm³/mol. The van der Waals surface area contributed by atoms with Crippen molar-refractivity contribution in [2.45, 2.75) is 4.90 Å². The lowest BCUT2D eigenvalue weighted by molar-refractivity contribution is 0.867. The topological polar surface area (TPSA) is 54.6 Å². The van der Waals surface area contributed by atoms with E-state index in [1.165, 1.54) is 11.8 Å². The van der Waals surface area contributed by atoms with Crippen molar-refractivity contribution in [2.75, 3.05) is 0 Å². The fraction of sp³-hybridized carbons (Fsp3) is 0. The highest BCUT2D eigenvalue weighted by atomic mass is 32.2. The van der Waals surface area contributed by atoms with Crippen molar-refractivity contribution in [3.63, 3.8) is 0 Å². The van der Waals surface area contributed by atoms with Crippen LogP contribution in [0.2, 0.25) is 0 Å². The lowest BCUT2D eigenvalue weighted by atomic mass is 10.3. The van der Waals surface area contributed by atoms with E-state index >= 15 is 0 Å². The molecule has 0 bridgehead atoms. The van der Waals surface area contributed by atoms with Crippen LogP contribution in [0.25, 0.3) is 11.0 Å². The summed E-state index contributed by atoms with van der Waals surface area (Å²) < 4.78 is 1.55. The molecule has 0 atom stereocenters. The molecule has 88 valence electrons. The maximum absolute atomic E-state index is 8.09. The number of rotatable bonds is 1. The van der Waals surface area contributed by atoms with E-state index in [1.807, 2.05) is 54.6 Å². The van der Waals surface area contributed by atoms with Crippen LogP contribution in [-0.4, -0.2) is 20.2 Å². The van der Waals surface area contributed by atoms with Gasteiger partial charge < -0.3 is 0 Å². The first kappa shape index (κ1) is 11.0. The van der Waals surface area contributed by atoms with E-state index in [0.717, 1.165) is 15.9 Å². The molecule has 0 spiro atoms. The van der Waals surface area contributed by atoms with Crippen LogP contribution >= 0.6 is 11.8 Å². The van der Waals surface area contributed by atoms with E-state index in [9.17, 15) is 0 Å². The zero-order chi connectivity index (χ0) is 12.4. The molecule has 1 heterocycles. The monoisotopic (exact) mass is 254 g/mol. The maximum Gasteiger partial charge on any atom is 0.188 e. The molecule has 0 aliphatic carbocycles. The molecule has 0 radical (unpaired) electrons. The molecule has 18 heavy (non-hydrogen) atoms. The van der Waals surface area contributed by atoms with Gasteiger partial charge in [0.25, 0.3) is 0 Å². The molecule has 0 fully saturated rings. The first-order valence-corrected chi connectivity index (χ1v) is 6.28. The molecule has 0 unspecified atom stereocenters. The van der Waals surface area contributed by atoms with Crippen LogP contribution < -0.4 is 0 Å². The Morgan fingerprint density at radius 3 is 2.56 bits per heavy atom. The summed E-state index contributed by atoms with van der Waals surface area (Å²) in [7, 11) is 0. The van der Waals surface area contributed by atoms with Gasteiger partial charge in [-0.25, -0.2) is 0 Å². The van der Waals surface area contributed by atoms with Gasteiger partial charge in [-0.1, -0.05) is 47.3 Å². The van der Waals surface area contributed by atoms with Gasteiger partial charge in [0, 0.05) is 4.90 Å². The highest BCUT2D eigenvalue weighted by Crippen LogP contribution is 2.21. The number of aromatic nitrogens is 3. The Morgan fingerprint density at radius 2 is 1.72 bits per heavy atom. The average Bonchev–Trinajstić information content (AvgIpc) is 2.84. The molecular formula is C13H10N4S. The third kappa shape index (κ3) is 2.00. The SMILES string of the molecule is N=C(Sc1ccccc1)n1nnc2ccccc21. The van der Waals surface area contributed by atoms with Crippen LogP contribution in [0.4, 0.5) is 0 Å². The molecule has 0 amide bonds. The first-order chi connectivity index (χ1) is 8.84. The number of fused-ring (bicyclic) bond motifs is 1. The fourth-order valence-corrected chi connectivity index (χ4v) is 2.40. The van der Waals surface area contributed by atoms with Crippen LogP contribution in [0, 0.1) is 5.41 Å². The van der Waals surface area contributed by atoms with Gasteiger partial charge in [-0.05, 0) is 24.3 Å². The summed E-state index contributed by atoms with van der Waals surface area (Å²) in [4.78, 5) is 1.02. The van der Waals surface area contributed by atoms with Crippen LogP contribution in [0.5, 0.6) is 0 Å². The summed E-state index contributed by atoms with van der Waals surface area (Å²) in [5.74, 6) is 0. The van der Waals surface area contributed by atoms with E-state index in [4.69, 9.17) is 5.41 Å². The van der Waals surface area contributed by atoms with Gasteiger partial charge in [-0.3, -0.25) is 5.41 Å². The Hall–Kier alpha value is -2.14. The van der Waals surface area contributed by atoms with Gasteiger partial charge in [0.2, 0.25) is 0 Å². The number of hydrogen-bond donors (Lipinski definition) is 1. The second-order valence-corrected chi connectivity index (χ2v) is 4.77. The second-order valence-electron chi connectivity index (χ2n) is 3.71. The highest BCUT2D eigenvalue weighted by Gasteiger charge is 2.09. The van der Waals surface area contributed by atoms with Crippen molar-refractivity contribution in [1.82, 2.24) is 15.0 Å². The van der Waals surface area contributed by atoms with Gasteiger partial charge >= 0.3 is 0 Å². The highest BCUT2D eigenvalue weighted by molar-refractivity contribution is 8.13. The van der Waals surface area contributed by atoms with Gasteiger partial charge in [-0.15, -0.1) is 5.10 Å². The summed E-state index contributed by atoms with van der Waals surface area (Å²) in [6.45, 7) is 0. The van der Waals surface area contributed by atoms with Gasteiger partial charge in [-0.2, -0.15) is 4.68 Å². The second kappa shape index (κ2) is 4.62. The lowest BCUT2D eigenvalue weighted by Crippen LogP contribution is -2.07. The Labute approximate surface area is 108 Å². The molecule has 3 aromatic rings. The maximum atomic E-state index is 8.09. The molecule has 3 rings (SSSR count). The van der Waals surface area contributed by atoms with Gasteiger partial charge in [0.05, 0.1) is 5.52 Å². The zero-order valence-corrected chi connectivity index (χ0v) is 10.3. The van der Waals surface area contributed by atoms with Crippen LogP contribution in [0.15, 0.2) is 59.5 Å². The predicted octanol–water partition coefficient (Wildman–Crippen LogP) is 3.01. The minimum atomic E-state index is 0.342. The Kier molecular flexibility index (Phi) is 2.82. The average molecular weight is 254 g/mol. The Morgan fingerprint density at radius 1 is 1.00 bits per heavy atom. The molecule has 0 aliphatic rings. The minimum absolute atomic E-state index is 0.342. The van der Waals surface area contributed by atoms with Crippen LogP contribution in [0.3, 0.4) is 0 Å². The lowest BCUT2D eigenvalue weighted by Gasteiger charge is -2.03. The molecule has 5 heteroatoms. The van der Waals surface area contributed by atoms with Crippen molar-refractivity contribution in [3.05, 3.63) is 54.6 Å². The van der Waals surface area contributed by atoms with Gasteiger partial charge in [0.15, 0.2) is 5.17 Å². The Balaban J connectivity index is 1.93. The van der Waals surface area contributed by atoms with Crippen molar-refractivity contribution in [1.29, 1.82) is 5.41 Å². The number of benzene rings is 2. The molecule has 0 aliphatic heterocycles. The summed E-state index contributed by atoms with van der Waals surface area (Å²) in [6.07, 6.45) is 0. The van der Waals surface area contributed by atoms with E-state index < -0.39 is 0 Å². The molecule has 1 N–H and O–H groups in total. The van der Waals surface area contributed by atoms with Crippen molar-refractivity contribution < 1.29 is 0 Å². The molecule has 1 aromatic heterocycles. The molecule has 4 nitrogen and oxygen atoms in total. The standard InChI is InChI=1S/C13H10N4S/c14-13(18-10-6-2-1-3-7-10)17-12-9-5-4-8-11(12)15-16-17/h1-9,14H. The smallest absolute Gasteiger partial charge is 0.188 e. The summed E-state index contributed by atoms with van der Waals surface area (Å²) in [5.41, 5.74) is 1.65. The van der Waals surface area contributed by atoms with E-state index in [0.29, 0.717) is 5.17 Å². The summed E-state index contributed by atoms with van der Waals surface area (Å²) in [6, 6.07) is 17.4. The summed E-state index contributed by atoms with van der Waals surface area (Å²) >= 11 is 1.36. The van der Waals surface area contributed by atoms with E-state index in [2.05, 4.69) is 10.3 Å². The van der Waals surface area contributed by atoms with E-state index in [-0.39, 0.29) is 0 Å². The minimum Gasteiger partial charge on any atom is -0.277 e. The number of nitrogens with zero attached hydrogens (tertiary/aromatic N) is 3. The zero-order valence-electron chi connectivity index (χ0n) is 9.45. The molecule has 0 saturated carbocycles. The molecular weight excluding hydrogens is 244 g/mol. The van der Waals surface area contributed by atoms with Crippen LogP contribution in [0.1, 0.15) is 0 Å². The van der Waals surface area contributed by atoms with Crippen molar-refractivity contribution in [3.8, 4) is 0 Å². The third-order valence-corrected chi connectivity index (χ3v) is 3.38. The molecule has 0 saturated heterocycles. The number of thioether (sulfide) groups is 1. The Bertz CT molecular complexity index is 690. The quantitative estimate of drug-likeness (QED) is 0.412. The molecule has 2 aromatic carbocycles. The van der Waals surface area contributed by atoms with Gasteiger partial charge in [0.1, 0.15) is 5.52 Å². The summed E-state index contributed by atoms with van der Waals surface area (Å²) in [5, 5.41) is 16.5. The number of para-hydroxylation sites is 1. The first-order valence-electron chi connectivity index (χ1n) is 5.47. The fourth-order valence-electron chi connectivity index (χ4n) is 1.66. The van der Waals surface area contributed by atoms with Crippen LogP contribution in [-0.2, 0) is 0 Å². The van der Waals surface area contributed by atoms with Crippen molar-refractivity contribution >= 4 is 28.0 Å².